The standard InChI is InChI=1S/C15H25N3O/c1-3-7-16-10-13-5-4-8-17-15(13)18-9-6-14(19)12(2)11-18/h4-5,8,12,14,16,19H,3,6-7,9-11H2,1-2H3. The Morgan fingerprint density at radius 3 is 3.11 bits per heavy atom. The first kappa shape index (κ1) is 14.3. The van der Waals surface area contributed by atoms with Gasteiger partial charge >= 0.3 is 0 Å². The van der Waals surface area contributed by atoms with Crippen molar-refractivity contribution in [3.63, 3.8) is 0 Å². The Hall–Kier alpha value is -1.13. The van der Waals surface area contributed by atoms with Crippen molar-refractivity contribution in [2.24, 2.45) is 5.92 Å². The zero-order chi connectivity index (χ0) is 13.7. The molecule has 0 aliphatic carbocycles. The van der Waals surface area contributed by atoms with Crippen molar-refractivity contribution in [3.05, 3.63) is 23.9 Å². The number of hydrogen-bond acceptors (Lipinski definition) is 4. The molecule has 0 bridgehead atoms. The second-order valence-electron chi connectivity index (χ2n) is 5.44. The fourth-order valence-corrected chi connectivity index (χ4v) is 2.58. The Kier molecular flexibility index (Phi) is 5.16. The molecule has 2 unspecified atom stereocenters. The Labute approximate surface area is 115 Å². The van der Waals surface area contributed by atoms with Gasteiger partial charge in [0.2, 0.25) is 0 Å². The van der Waals surface area contributed by atoms with Gasteiger partial charge in [0, 0.05) is 31.4 Å². The average molecular weight is 263 g/mol. The van der Waals surface area contributed by atoms with Gasteiger partial charge in [-0.3, -0.25) is 0 Å². The summed E-state index contributed by atoms with van der Waals surface area (Å²) in [6, 6.07) is 4.13. The van der Waals surface area contributed by atoms with Crippen LogP contribution in [0.1, 0.15) is 32.3 Å². The number of pyridine rings is 1. The molecule has 0 aromatic carbocycles. The summed E-state index contributed by atoms with van der Waals surface area (Å²) in [5.74, 6) is 1.39. The fraction of sp³-hybridized carbons (Fsp3) is 0.667. The first-order valence-corrected chi connectivity index (χ1v) is 7.30. The highest BCUT2D eigenvalue weighted by molar-refractivity contribution is 5.47. The van der Waals surface area contributed by atoms with E-state index in [4.69, 9.17) is 0 Å². The van der Waals surface area contributed by atoms with Gasteiger partial charge in [0.1, 0.15) is 5.82 Å². The van der Waals surface area contributed by atoms with E-state index in [2.05, 4.69) is 35.1 Å². The van der Waals surface area contributed by atoms with E-state index in [1.165, 1.54) is 5.56 Å². The molecule has 2 heterocycles. The third-order valence-corrected chi connectivity index (χ3v) is 3.77. The number of aromatic nitrogens is 1. The van der Waals surface area contributed by atoms with Gasteiger partial charge in [-0.05, 0) is 31.4 Å². The monoisotopic (exact) mass is 263 g/mol. The van der Waals surface area contributed by atoms with Crippen LogP contribution in [0, 0.1) is 5.92 Å². The molecule has 0 amide bonds. The number of aliphatic hydroxyl groups is 1. The summed E-state index contributed by atoms with van der Waals surface area (Å²) in [5.41, 5.74) is 1.25. The van der Waals surface area contributed by atoms with Crippen molar-refractivity contribution < 1.29 is 5.11 Å². The van der Waals surface area contributed by atoms with Gasteiger partial charge in [0.05, 0.1) is 6.10 Å². The van der Waals surface area contributed by atoms with Crippen LogP contribution in [0.3, 0.4) is 0 Å². The number of anilines is 1. The SMILES string of the molecule is CCCNCc1cccnc1N1CCC(O)C(C)C1. The lowest BCUT2D eigenvalue weighted by Gasteiger charge is -2.36. The number of piperidine rings is 1. The number of nitrogens with one attached hydrogen (secondary N) is 1. The van der Waals surface area contributed by atoms with Crippen molar-refractivity contribution in [1.29, 1.82) is 0 Å². The minimum absolute atomic E-state index is 0.165. The van der Waals surface area contributed by atoms with E-state index in [0.717, 1.165) is 44.8 Å². The Morgan fingerprint density at radius 2 is 2.37 bits per heavy atom. The molecule has 1 aromatic rings. The van der Waals surface area contributed by atoms with Crippen LogP contribution >= 0.6 is 0 Å². The zero-order valence-corrected chi connectivity index (χ0v) is 12.0. The minimum Gasteiger partial charge on any atom is -0.393 e. The van der Waals surface area contributed by atoms with Gasteiger partial charge in [-0.25, -0.2) is 4.98 Å². The quantitative estimate of drug-likeness (QED) is 0.795. The molecule has 2 atom stereocenters. The Morgan fingerprint density at radius 1 is 1.53 bits per heavy atom. The highest BCUT2D eigenvalue weighted by atomic mass is 16.3. The molecule has 19 heavy (non-hydrogen) atoms. The molecule has 0 spiro atoms. The van der Waals surface area contributed by atoms with Gasteiger partial charge < -0.3 is 15.3 Å². The predicted molar refractivity (Wildman–Crippen MR) is 78.2 cm³/mol. The smallest absolute Gasteiger partial charge is 0.133 e. The van der Waals surface area contributed by atoms with Crippen LogP contribution in [0.4, 0.5) is 5.82 Å². The number of rotatable bonds is 5. The van der Waals surface area contributed by atoms with E-state index in [-0.39, 0.29) is 6.10 Å². The van der Waals surface area contributed by atoms with E-state index in [9.17, 15) is 5.11 Å². The highest BCUT2D eigenvalue weighted by Gasteiger charge is 2.25. The molecule has 4 heteroatoms. The zero-order valence-electron chi connectivity index (χ0n) is 12.0. The molecule has 1 fully saturated rings. The third-order valence-electron chi connectivity index (χ3n) is 3.77. The van der Waals surface area contributed by atoms with Crippen LogP contribution < -0.4 is 10.2 Å². The summed E-state index contributed by atoms with van der Waals surface area (Å²) in [6.45, 7) is 7.95. The van der Waals surface area contributed by atoms with Crippen molar-refractivity contribution in [2.75, 3.05) is 24.5 Å². The largest absolute Gasteiger partial charge is 0.393 e. The number of nitrogens with zero attached hydrogens (tertiary/aromatic N) is 2. The summed E-state index contributed by atoms with van der Waals surface area (Å²) in [5, 5.41) is 13.3. The van der Waals surface area contributed by atoms with Gasteiger partial charge in [0.15, 0.2) is 0 Å². The summed E-state index contributed by atoms with van der Waals surface area (Å²) >= 11 is 0. The molecule has 1 aliphatic heterocycles. The lowest BCUT2D eigenvalue weighted by Crippen LogP contribution is -2.42. The summed E-state index contributed by atoms with van der Waals surface area (Å²) in [6.07, 6.45) is 3.66. The summed E-state index contributed by atoms with van der Waals surface area (Å²) in [4.78, 5) is 6.85. The van der Waals surface area contributed by atoms with E-state index >= 15 is 0 Å². The Bertz CT molecular complexity index is 397. The minimum atomic E-state index is -0.165. The fourth-order valence-electron chi connectivity index (χ4n) is 2.58. The van der Waals surface area contributed by atoms with E-state index in [1.807, 2.05) is 12.3 Å². The third kappa shape index (κ3) is 3.67. The van der Waals surface area contributed by atoms with Crippen molar-refractivity contribution in [3.8, 4) is 0 Å². The van der Waals surface area contributed by atoms with Gasteiger partial charge in [-0.1, -0.05) is 19.9 Å². The van der Waals surface area contributed by atoms with Crippen molar-refractivity contribution >= 4 is 5.82 Å². The molecule has 0 radical (unpaired) electrons. The molecule has 1 aromatic heterocycles. The van der Waals surface area contributed by atoms with E-state index < -0.39 is 0 Å². The lowest BCUT2D eigenvalue weighted by molar-refractivity contribution is 0.0968. The van der Waals surface area contributed by atoms with Crippen LogP contribution in [0.25, 0.3) is 0 Å². The molecular weight excluding hydrogens is 238 g/mol. The summed E-state index contributed by atoms with van der Waals surface area (Å²) < 4.78 is 0. The van der Waals surface area contributed by atoms with E-state index in [1.54, 1.807) is 0 Å². The van der Waals surface area contributed by atoms with Crippen LogP contribution in [0.2, 0.25) is 0 Å². The molecule has 0 saturated carbocycles. The van der Waals surface area contributed by atoms with Crippen LogP contribution in [0.5, 0.6) is 0 Å². The average Bonchev–Trinajstić information content (AvgIpc) is 2.43. The Balaban J connectivity index is 2.06. The molecule has 4 nitrogen and oxygen atoms in total. The van der Waals surface area contributed by atoms with Gasteiger partial charge in [-0.2, -0.15) is 0 Å². The van der Waals surface area contributed by atoms with Gasteiger partial charge in [0.25, 0.3) is 0 Å². The molecule has 2 rings (SSSR count). The molecule has 2 N–H and O–H groups in total. The lowest BCUT2D eigenvalue weighted by atomic mass is 9.96. The molecule has 106 valence electrons. The van der Waals surface area contributed by atoms with Gasteiger partial charge in [-0.15, -0.1) is 0 Å². The predicted octanol–water partition coefficient (Wildman–Crippen LogP) is 1.79. The van der Waals surface area contributed by atoms with Crippen LogP contribution in [0.15, 0.2) is 18.3 Å². The molecular formula is C15H25N3O. The maximum absolute atomic E-state index is 9.83. The molecule has 1 aliphatic rings. The number of hydrogen-bond donors (Lipinski definition) is 2. The van der Waals surface area contributed by atoms with Crippen LogP contribution in [-0.2, 0) is 6.54 Å². The number of aliphatic hydroxyl groups excluding tert-OH is 1. The maximum atomic E-state index is 9.83. The van der Waals surface area contributed by atoms with Crippen molar-refractivity contribution in [2.45, 2.75) is 39.3 Å². The first-order chi connectivity index (χ1) is 9.22. The maximum Gasteiger partial charge on any atom is 0.133 e. The second kappa shape index (κ2) is 6.87. The molecule has 1 saturated heterocycles. The first-order valence-electron chi connectivity index (χ1n) is 7.30. The normalized spacial score (nSPS) is 23.6. The highest BCUT2D eigenvalue weighted by Crippen LogP contribution is 2.24. The van der Waals surface area contributed by atoms with E-state index in [0.29, 0.717) is 5.92 Å². The van der Waals surface area contributed by atoms with Crippen molar-refractivity contribution in [1.82, 2.24) is 10.3 Å². The van der Waals surface area contributed by atoms with Crippen LogP contribution in [-0.4, -0.2) is 35.8 Å². The summed E-state index contributed by atoms with van der Waals surface area (Å²) in [7, 11) is 0. The second-order valence-corrected chi connectivity index (χ2v) is 5.44. The topological polar surface area (TPSA) is 48.4 Å².